The van der Waals surface area contributed by atoms with Gasteiger partial charge in [0.2, 0.25) is 0 Å². The van der Waals surface area contributed by atoms with Crippen molar-refractivity contribution in [1.82, 2.24) is 25.1 Å². The SMILES string of the molecule is Cc1ccc(-c2nnc[nH]2)cc1Nc1ncnc(N(C)CC(C)(C)C)c1N=O. The summed E-state index contributed by atoms with van der Waals surface area (Å²) in [4.78, 5) is 25.0. The zero-order chi connectivity index (χ0) is 20.3. The molecule has 0 saturated heterocycles. The quantitative estimate of drug-likeness (QED) is 0.616. The maximum atomic E-state index is 11.6. The van der Waals surface area contributed by atoms with Crippen molar-refractivity contribution in [1.29, 1.82) is 0 Å². The summed E-state index contributed by atoms with van der Waals surface area (Å²) < 4.78 is 0. The second-order valence-electron chi connectivity index (χ2n) is 7.89. The molecule has 3 aromatic rings. The Morgan fingerprint density at radius 1 is 1.25 bits per heavy atom. The highest BCUT2D eigenvalue weighted by molar-refractivity contribution is 5.79. The zero-order valence-corrected chi connectivity index (χ0v) is 16.7. The van der Waals surface area contributed by atoms with Gasteiger partial charge in [0.1, 0.15) is 12.7 Å². The lowest BCUT2D eigenvalue weighted by atomic mass is 9.96. The fourth-order valence-corrected chi connectivity index (χ4v) is 2.99. The lowest BCUT2D eigenvalue weighted by Gasteiger charge is -2.28. The number of benzene rings is 1. The summed E-state index contributed by atoms with van der Waals surface area (Å²) >= 11 is 0. The molecule has 0 aliphatic heterocycles. The summed E-state index contributed by atoms with van der Waals surface area (Å²) in [7, 11) is 1.89. The third-order valence-electron chi connectivity index (χ3n) is 4.15. The average molecular weight is 380 g/mol. The Morgan fingerprint density at radius 3 is 2.68 bits per heavy atom. The summed E-state index contributed by atoms with van der Waals surface area (Å²) in [5, 5.41) is 14.3. The number of aromatic nitrogens is 5. The van der Waals surface area contributed by atoms with E-state index in [1.165, 1.54) is 12.7 Å². The molecule has 0 atom stereocenters. The first kappa shape index (κ1) is 19.4. The molecular weight excluding hydrogens is 356 g/mol. The minimum atomic E-state index is 0.0371. The molecule has 0 aliphatic carbocycles. The first-order valence-electron chi connectivity index (χ1n) is 8.92. The van der Waals surface area contributed by atoms with Gasteiger partial charge in [-0.05, 0) is 29.1 Å². The first-order chi connectivity index (χ1) is 13.3. The lowest BCUT2D eigenvalue weighted by molar-refractivity contribution is 0.418. The van der Waals surface area contributed by atoms with E-state index >= 15 is 0 Å². The van der Waals surface area contributed by atoms with Gasteiger partial charge in [-0.2, -0.15) is 0 Å². The third kappa shape index (κ3) is 4.30. The van der Waals surface area contributed by atoms with Crippen molar-refractivity contribution in [3.05, 3.63) is 41.3 Å². The van der Waals surface area contributed by atoms with Crippen LogP contribution in [0.2, 0.25) is 0 Å². The number of anilines is 3. The average Bonchev–Trinajstić information content (AvgIpc) is 3.16. The standard InChI is InChI=1S/C19H24N8O/c1-12-6-7-13(16-21-11-23-25-16)8-14(12)24-17-15(26-28)18(22-10-20-17)27(5)9-19(2,3)4/h6-8,10-11H,9H2,1-5H3,(H,20,22,24)(H,21,23,25). The Hall–Kier alpha value is -3.36. The smallest absolute Gasteiger partial charge is 0.192 e. The topological polar surface area (TPSA) is 112 Å². The maximum absolute atomic E-state index is 11.6. The largest absolute Gasteiger partial charge is 0.357 e. The van der Waals surface area contributed by atoms with Gasteiger partial charge in [0.15, 0.2) is 23.1 Å². The van der Waals surface area contributed by atoms with Crippen molar-refractivity contribution in [3.63, 3.8) is 0 Å². The second-order valence-corrected chi connectivity index (χ2v) is 7.89. The molecule has 9 heteroatoms. The van der Waals surface area contributed by atoms with E-state index in [1.54, 1.807) is 0 Å². The number of H-pyrrole nitrogens is 1. The molecule has 146 valence electrons. The molecule has 0 aliphatic rings. The molecule has 0 fully saturated rings. The van der Waals surface area contributed by atoms with E-state index in [9.17, 15) is 4.91 Å². The van der Waals surface area contributed by atoms with E-state index in [2.05, 4.69) is 56.4 Å². The van der Waals surface area contributed by atoms with Gasteiger partial charge in [-0.3, -0.25) is 0 Å². The van der Waals surface area contributed by atoms with Crippen LogP contribution in [0, 0.1) is 17.2 Å². The van der Waals surface area contributed by atoms with Crippen LogP contribution >= 0.6 is 0 Å². The number of nitrogens with zero attached hydrogens (tertiary/aromatic N) is 6. The second kappa shape index (κ2) is 7.71. The van der Waals surface area contributed by atoms with Gasteiger partial charge in [0.05, 0.1) is 0 Å². The summed E-state index contributed by atoms with van der Waals surface area (Å²) in [6.45, 7) is 9.04. The predicted octanol–water partition coefficient (Wildman–Crippen LogP) is 4.19. The molecule has 28 heavy (non-hydrogen) atoms. The molecule has 2 heterocycles. The Balaban J connectivity index is 1.96. The highest BCUT2D eigenvalue weighted by atomic mass is 16.3. The molecule has 0 spiro atoms. The van der Waals surface area contributed by atoms with Crippen LogP contribution < -0.4 is 10.2 Å². The van der Waals surface area contributed by atoms with Gasteiger partial charge in [0, 0.05) is 24.8 Å². The van der Waals surface area contributed by atoms with E-state index in [-0.39, 0.29) is 11.1 Å². The van der Waals surface area contributed by atoms with Crippen molar-refractivity contribution in [3.8, 4) is 11.4 Å². The van der Waals surface area contributed by atoms with Crippen molar-refractivity contribution in [2.45, 2.75) is 27.7 Å². The normalized spacial score (nSPS) is 11.3. The van der Waals surface area contributed by atoms with Gasteiger partial charge < -0.3 is 15.2 Å². The molecule has 0 unspecified atom stereocenters. The van der Waals surface area contributed by atoms with Crippen LogP contribution in [0.5, 0.6) is 0 Å². The summed E-state index contributed by atoms with van der Waals surface area (Å²) in [6, 6.07) is 5.83. The highest BCUT2D eigenvalue weighted by Gasteiger charge is 2.21. The Labute approximate surface area is 163 Å². The van der Waals surface area contributed by atoms with Crippen LogP contribution in [0.1, 0.15) is 26.3 Å². The monoisotopic (exact) mass is 380 g/mol. The molecule has 2 aromatic heterocycles. The van der Waals surface area contributed by atoms with E-state index in [0.29, 0.717) is 24.0 Å². The molecular formula is C19H24N8O. The van der Waals surface area contributed by atoms with Crippen molar-refractivity contribution in [2.75, 3.05) is 23.8 Å². The molecule has 0 radical (unpaired) electrons. The first-order valence-corrected chi connectivity index (χ1v) is 8.92. The van der Waals surface area contributed by atoms with Crippen LogP contribution in [0.25, 0.3) is 11.4 Å². The lowest BCUT2D eigenvalue weighted by Crippen LogP contribution is -2.29. The van der Waals surface area contributed by atoms with Crippen LogP contribution in [0.4, 0.5) is 23.0 Å². The Kier molecular flexibility index (Phi) is 5.34. The number of hydrogen-bond donors (Lipinski definition) is 2. The van der Waals surface area contributed by atoms with E-state index in [4.69, 9.17) is 0 Å². The Bertz CT molecular complexity index is 963. The molecule has 0 saturated carbocycles. The number of nitroso groups, excluding NO2 is 1. The maximum Gasteiger partial charge on any atom is 0.192 e. The molecule has 1 aromatic carbocycles. The number of rotatable bonds is 6. The minimum absolute atomic E-state index is 0.0371. The third-order valence-corrected chi connectivity index (χ3v) is 4.15. The fourth-order valence-electron chi connectivity index (χ4n) is 2.99. The van der Waals surface area contributed by atoms with Crippen LogP contribution in [-0.4, -0.2) is 38.7 Å². The van der Waals surface area contributed by atoms with Gasteiger partial charge in [-0.15, -0.1) is 15.1 Å². The van der Waals surface area contributed by atoms with Crippen LogP contribution in [0.15, 0.2) is 36.0 Å². The van der Waals surface area contributed by atoms with Crippen LogP contribution in [-0.2, 0) is 0 Å². The van der Waals surface area contributed by atoms with Crippen molar-refractivity contribution in [2.24, 2.45) is 10.6 Å². The van der Waals surface area contributed by atoms with Gasteiger partial charge in [-0.25, -0.2) is 9.97 Å². The van der Waals surface area contributed by atoms with Gasteiger partial charge in [0.25, 0.3) is 0 Å². The number of aryl methyl sites for hydroxylation is 1. The summed E-state index contributed by atoms with van der Waals surface area (Å²) in [5.41, 5.74) is 2.87. The molecule has 0 amide bonds. The zero-order valence-electron chi connectivity index (χ0n) is 16.7. The van der Waals surface area contributed by atoms with Gasteiger partial charge >= 0.3 is 0 Å². The number of nitrogens with one attached hydrogen (secondary N) is 2. The molecule has 2 N–H and O–H groups in total. The van der Waals surface area contributed by atoms with E-state index in [1.807, 2.05) is 37.1 Å². The van der Waals surface area contributed by atoms with E-state index < -0.39 is 0 Å². The summed E-state index contributed by atoms with van der Waals surface area (Å²) in [5.74, 6) is 1.51. The van der Waals surface area contributed by atoms with Crippen LogP contribution in [0.3, 0.4) is 0 Å². The number of hydrogen-bond acceptors (Lipinski definition) is 8. The summed E-state index contributed by atoms with van der Waals surface area (Å²) in [6.07, 6.45) is 2.96. The molecule has 0 bridgehead atoms. The Morgan fingerprint density at radius 2 is 2.04 bits per heavy atom. The highest BCUT2D eigenvalue weighted by Crippen LogP contribution is 2.36. The van der Waals surface area contributed by atoms with Crippen molar-refractivity contribution < 1.29 is 0 Å². The van der Waals surface area contributed by atoms with E-state index in [0.717, 1.165) is 16.8 Å². The molecule has 3 rings (SSSR count). The predicted molar refractivity (Wildman–Crippen MR) is 110 cm³/mol. The minimum Gasteiger partial charge on any atom is -0.357 e. The molecule has 9 nitrogen and oxygen atoms in total. The van der Waals surface area contributed by atoms with Crippen molar-refractivity contribution >= 4 is 23.0 Å². The number of aromatic amines is 1. The fraction of sp³-hybridized carbons (Fsp3) is 0.368. The van der Waals surface area contributed by atoms with Gasteiger partial charge in [-0.1, -0.05) is 32.9 Å².